The zero-order valence-electron chi connectivity index (χ0n) is 17.1. The SMILES string of the molecule is CNC[C@H](O)[C@H](c1ccccc1)N1CCc2cc(NC(=O)c3ccccc3)ccc21. The van der Waals surface area contributed by atoms with Crippen LogP contribution in [0, 0.1) is 0 Å². The Bertz CT molecular complexity index is 992. The zero-order chi connectivity index (χ0) is 20.9. The molecular weight excluding hydrogens is 374 g/mol. The van der Waals surface area contributed by atoms with E-state index in [4.69, 9.17) is 0 Å². The molecule has 1 heterocycles. The number of benzene rings is 3. The molecule has 5 heteroatoms. The van der Waals surface area contributed by atoms with Gasteiger partial charge in [-0.25, -0.2) is 0 Å². The van der Waals surface area contributed by atoms with Gasteiger partial charge in [-0.1, -0.05) is 48.5 Å². The highest BCUT2D eigenvalue weighted by atomic mass is 16.3. The van der Waals surface area contributed by atoms with E-state index in [0.29, 0.717) is 12.1 Å². The number of anilines is 2. The summed E-state index contributed by atoms with van der Waals surface area (Å²) in [5.74, 6) is -0.114. The summed E-state index contributed by atoms with van der Waals surface area (Å²) < 4.78 is 0. The van der Waals surface area contributed by atoms with E-state index in [1.807, 2.05) is 61.6 Å². The number of hydrogen-bond acceptors (Lipinski definition) is 4. The summed E-state index contributed by atoms with van der Waals surface area (Å²) in [5, 5.41) is 17.0. The average molecular weight is 402 g/mol. The molecule has 0 aromatic heterocycles. The van der Waals surface area contributed by atoms with Crippen molar-refractivity contribution in [2.45, 2.75) is 18.6 Å². The molecule has 0 saturated carbocycles. The summed E-state index contributed by atoms with van der Waals surface area (Å²) in [4.78, 5) is 14.7. The van der Waals surface area contributed by atoms with Crippen LogP contribution in [-0.4, -0.2) is 37.3 Å². The van der Waals surface area contributed by atoms with Crippen LogP contribution in [0.25, 0.3) is 0 Å². The fraction of sp³-hybridized carbons (Fsp3) is 0.240. The fourth-order valence-electron chi connectivity index (χ4n) is 4.17. The number of fused-ring (bicyclic) bond motifs is 1. The molecule has 3 aromatic rings. The number of nitrogens with zero attached hydrogens (tertiary/aromatic N) is 1. The van der Waals surface area contributed by atoms with Crippen LogP contribution in [0.2, 0.25) is 0 Å². The predicted octanol–water partition coefficient (Wildman–Crippen LogP) is 3.62. The van der Waals surface area contributed by atoms with Gasteiger partial charge in [0.1, 0.15) is 0 Å². The van der Waals surface area contributed by atoms with E-state index in [-0.39, 0.29) is 11.9 Å². The second-order valence-electron chi connectivity index (χ2n) is 7.59. The first-order valence-corrected chi connectivity index (χ1v) is 10.3. The Morgan fingerprint density at radius 2 is 1.73 bits per heavy atom. The van der Waals surface area contributed by atoms with E-state index in [0.717, 1.165) is 29.9 Å². The Kier molecular flexibility index (Phi) is 6.12. The van der Waals surface area contributed by atoms with E-state index in [1.54, 1.807) is 12.1 Å². The Hall–Kier alpha value is -3.15. The summed E-state index contributed by atoms with van der Waals surface area (Å²) in [6.07, 6.45) is 0.334. The van der Waals surface area contributed by atoms with Gasteiger partial charge in [-0.3, -0.25) is 4.79 Å². The average Bonchev–Trinajstić information content (AvgIpc) is 3.18. The number of carbonyl (C=O) groups is 1. The van der Waals surface area contributed by atoms with E-state index in [9.17, 15) is 9.90 Å². The first-order valence-electron chi connectivity index (χ1n) is 10.3. The van der Waals surface area contributed by atoms with E-state index in [2.05, 4.69) is 27.7 Å². The first-order chi connectivity index (χ1) is 14.7. The van der Waals surface area contributed by atoms with Crippen LogP contribution >= 0.6 is 0 Å². The van der Waals surface area contributed by atoms with Crippen molar-refractivity contribution < 1.29 is 9.90 Å². The topological polar surface area (TPSA) is 64.6 Å². The molecular formula is C25H27N3O2. The molecule has 5 nitrogen and oxygen atoms in total. The molecule has 0 radical (unpaired) electrons. The van der Waals surface area contributed by atoms with Gasteiger partial charge in [-0.2, -0.15) is 0 Å². The third-order valence-corrected chi connectivity index (χ3v) is 5.56. The Morgan fingerprint density at radius 1 is 1.03 bits per heavy atom. The van der Waals surface area contributed by atoms with Gasteiger partial charge in [0.2, 0.25) is 0 Å². The molecule has 3 N–H and O–H groups in total. The summed E-state index contributed by atoms with van der Waals surface area (Å²) in [5.41, 5.74) is 4.81. The molecule has 0 aliphatic carbocycles. The third-order valence-electron chi connectivity index (χ3n) is 5.56. The van der Waals surface area contributed by atoms with Crippen molar-refractivity contribution in [2.24, 2.45) is 0 Å². The van der Waals surface area contributed by atoms with Gasteiger partial charge in [0.05, 0.1) is 12.1 Å². The molecule has 0 unspecified atom stereocenters. The molecule has 0 fully saturated rings. The summed E-state index contributed by atoms with van der Waals surface area (Å²) >= 11 is 0. The molecule has 0 spiro atoms. The maximum atomic E-state index is 12.5. The quantitative estimate of drug-likeness (QED) is 0.566. The lowest BCUT2D eigenvalue weighted by Gasteiger charge is -2.34. The van der Waals surface area contributed by atoms with E-state index in [1.165, 1.54) is 5.56 Å². The third kappa shape index (κ3) is 4.22. The molecule has 4 rings (SSSR count). The van der Waals surface area contributed by atoms with Crippen molar-refractivity contribution in [3.63, 3.8) is 0 Å². The van der Waals surface area contributed by atoms with Gasteiger partial charge in [0, 0.05) is 30.0 Å². The maximum Gasteiger partial charge on any atom is 0.255 e. The standard InChI is InChI=1S/C25H27N3O2/c1-26-17-23(29)24(18-8-4-2-5-9-18)28-15-14-20-16-21(12-13-22(20)28)27-25(30)19-10-6-3-7-11-19/h2-13,16,23-24,26,29H,14-15,17H2,1H3,(H,27,30)/t23-,24-/m0/s1. The van der Waals surface area contributed by atoms with E-state index < -0.39 is 6.10 Å². The molecule has 3 aromatic carbocycles. The number of nitrogens with one attached hydrogen (secondary N) is 2. The second-order valence-corrected chi connectivity index (χ2v) is 7.59. The molecule has 1 aliphatic rings. The largest absolute Gasteiger partial charge is 0.389 e. The molecule has 0 bridgehead atoms. The molecule has 1 aliphatic heterocycles. The summed E-state index contributed by atoms with van der Waals surface area (Å²) in [7, 11) is 1.85. The predicted molar refractivity (Wildman–Crippen MR) is 121 cm³/mol. The minimum atomic E-state index is -0.541. The van der Waals surface area contributed by atoms with Crippen LogP contribution in [0.5, 0.6) is 0 Å². The fourth-order valence-corrected chi connectivity index (χ4v) is 4.17. The van der Waals surface area contributed by atoms with Gasteiger partial charge < -0.3 is 20.6 Å². The van der Waals surface area contributed by atoms with Crippen molar-refractivity contribution in [3.8, 4) is 0 Å². The van der Waals surface area contributed by atoms with Crippen molar-refractivity contribution in [3.05, 3.63) is 95.6 Å². The van der Waals surface area contributed by atoms with Crippen LogP contribution in [0.4, 0.5) is 11.4 Å². The van der Waals surface area contributed by atoms with Crippen LogP contribution in [-0.2, 0) is 6.42 Å². The van der Waals surface area contributed by atoms with Gasteiger partial charge >= 0.3 is 0 Å². The number of rotatable bonds is 7. The number of amides is 1. The highest BCUT2D eigenvalue weighted by molar-refractivity contribution is 6.04. The lowest BCUT2D eigenvalue weighted by Crippen LogP contribution is -2.40. The van der Waals surface area contributed by atoms with Crippen molar-refractivity contribution in [1.82, 2.24) is 5.32 Å². The van der Waals surface area contributed by atoms with Crippen molar-refractivity contribution >= 4 is 17.3 Å². The molecule has 1 amide bonds. The minimum Gasteiger partial charge on any atom is -0.389 e. The zero-order valence-corrected chi connectivity index (χ0v) is 17.1. The van der Waals surface area contributed by atoms with E-state index >= 15 is 0 Å². The molecule has 154 valence electrons. The molecule has 2 atom stereocenters. The van der Waals surface area contributed by atoms with Gasteiger partial charge in [-0.15, -0.1) is 0 Å². The Labute approximate surface area is 177 Å². The van der Waals surface area contributed by atoms with Gasteiger partial charge in [0.25, 0.3) is 5.91 Å². The highest BCUT2D eigenvalue weighted by Gasteiger charge is 2.32. The number of aliphatic hydroxyl groups is 1. The Balaban J connectivity index is 1.58. The molecule has 0 saturated heterocycles. The smallest absolute Gasteiger partial charge is 0.255 e. The number of likely N-dealkylation sites (N-methyl/N-ethyl adjacent to an activating group) is 1. The van der Waals surface area contributed by atoms with Crippen LogP contribution in [0.3, 0.4) is 0 Å². The van der Waals surface area contributed by atoms with Gasteiger partial charge in [0.15, 0.2) is 0 Å². The molecule has 30 heavy (non-hydrogen) atoms. The monoisotopic (exact) mass is 401 g/mol. The maximum absolute atomic E-state index is 12.5. The number of carbonyl (C=O) groups excluding carboxylic acids is 1. The number of hydrogen-bond donors (Lipinski definition) is 3. The highest BCUT2D eigenvalue weighted by Crippen LogP contribution is 2.38. The minimum absolute atomic E-state index is 0.114. The second kappa shape index (κ2) is 9.11. The normalized spacial score (nSPS) is 14.8. The van der Waals surface area contributed by atoms with Gasteiger partial charge in [-0.05, 0) is 54.9 Å². The van der Waals surface area contributed by atoms with Crippen molar-refractivity contribution in [1.29, 1.82) is 0 Å². The van der Waals surface area contributed by atoms with Crippen molar-refractivity contribution in [2.75, 3.05) is 30.4 Å². The summed E-state index contributed by atoms with van der Waals surface area (Å²) in [6.45, 7) is 1.34. The summed E-state index contributed by atoms with van der Waals surface area (Å²) in [6, 6.07) is 25.2. The van der Waals surface area contributed by atoms with Crippen LogP contribution in [0.15, 0.2) is 78.9 Å². The van der Waals surface area contributed by atoms with Crippen LogP contribution in [0.1, 0.15) is 27.5 Å². The lowest BCUT2D eigenvalue weighted by atomic mass is 9.99. The number of aliphatic hydroxyl groups excluding tert-OH is 1. The lowest BCUT2D eigenvalue weighted by molar-refractivity contribution is 0.102. The van der Waals surface area contributed by atoms with Crippen LogP contribution < -0.4 is 15.5 Å². The first kappa shape index (κ1) is 20.1. The Morgan fingerprint density at radius 3 is 2.43 bits per heavy atom.